The Morgan fingerprint density at radius 2 is 1.88 bits per heavy atom. The molecule has 0 unspecified atom stereocenters. The molecule has 0 aromatic heterocycles. The van der Waals surface area contributed by atoms with Crippen molar-refractivity contribution in [1.82, 2.24) is 0 Å². The minimum Gasteiger partial charge on any atom is -0.410 e. The van der Waals surface area contributed by atoms with Crippen LogP contribution in [-0.2, 0) is 6.18 Å². The zero-order valence-electron chi connectivity index (χ0n) is 7.32. The van der Waals surface area contributed by atoms with Gasteiger partial charge < -0.3 is 5.21 Å². The first-order valence-corrected chi connectivity index (χ1v) is 4.47. The molecule has 1 aromatic carbocycles. The summed E-state index contributed by atoms with van der Waals surface area (Å²) in [5, 5.41) is 9.07. The number of hydrogen-bond donors (Lipinski definition) is 1. The van der Waals surface area contributed by atoms with Crippen LogP contribution < -0.4 is 0 Å². The van der Waals surface area contributed by atoms with E-state index in [1.54, 1.807) is 0 Å². The highest BCUT2D eigenvalue weighted by Gasteiger charge is 2.38. The molecule has 0 radical (unpaired) electrons. The molecule has 16 heavy (non-hydrogen) atoms. The van der Waals surface area contributed by atoms with Gasteiger partial charge in [0.1, 0.15) is 11.4 Å². The summed E-state index contributed by atoms with van der Waals surface area (Å²) in [5.41, 5.74) is -2.32. The summed E-state index contributed by atoms with van der Waals surface area (Å²) in [4.78, 5) is 0. The number of halogens is 6. The molecule has 0 amide bonds. The fourth-order valence-electron chi connectivity index (χ4n) is 1.03. The van der Waals surface area contributed by atoms with E-state index in [4.69, 9.17) is 28.4 Å². The minimum absolute atomic E-state index is 0.680. The van der Waals surface area contributed by atoms with Crippen molar-refractivity contribution in [2.24, 2.45) is 5.16 Å². The maximum atomic E-state index is 13.4. The van der Waals surface area contributed by atoms with Crippen molar-refractivity contribution in [3.05, 3.63) is 34.1 Å². The van der Waals surface area contributed by atoms with Gasteiger partial charge in [0.25, 0.3) is 0 Å². The standard InChI is InChI=1S/C8H3Cl2F4NO/c9-4-2-1-3(7(10)15-16)6(11)5(4)8(12,13)14/h1-2,16H/b15-7-. The average Bonchev–Trinajstić information content (AvgIpc) is 2.14. The molecule has 8 heteroatoms. The van der Waals surface area contributed by atoms with E-state index in [9.17, 15) is 17.6 Å². The van der Waals surface area contributed by atoms with Gasteiger partial charge in [0.15, 0.2) is 5.17 Å². The fourth-order valence-corrected chi connectivity index (χ4v) is 1.42. The quantitative estimate of drug-likeness (QED) is 0.359. The summed E-state index contributed by atoms with van der Waals surface area (Å²) >= 11 is 10.4. The van der Waals surface area contributed by atoms with Crippen LogP contribution in [0.25, 0.3) is 0 Å². The summed E-state index contributed by atoms with van der Waals surface area (Å²) in [6.07, 6.45) is -4.95. The molecule has 1 aromatic rings. The van der Waals surface area contributed by atoms with Crippen LogP contribution in [0.2, 0.25) is 5.02 Å². The van der Waals surface area contributed by atoms with Gasteiger partial charge in [0.05, 0.1) is 10.6 Å². The number of hydrogen-bond acceptors (Lipinski definition) is 2. The average molecular weight is 276 g/mol. The molecular formula is C8H3Cl2F4NO. The van der Waals surface area contributed by atoms with E-state index in [2.05, 4.69) is 5.16 Å². The second-order valence-electron chi connectivity index (χ2n) is 2.67. The van der Waals surface area contributed by atoms with Gasteiger partial charge in [-0.15, -0.1) is 0 Å². The Hall–Kier alpha value is -1.01. The van der Waals surface area contributed by atoms with Crippen LogP contribution in [0.5, 0.6) is 0 Å². The molecule has 0 aliphatic carbocycles. The van der Waals surface area contributed by atoms with E-state index in [1.807, 2.05) is 0 Å². The molecule has 2 nitrogen and oxygen atoms in total. The molecule has 0 heterocycles. The third-order valence-electron chi connectivity index (χ3n) is 1.68. The van der Waals surface area contributed by atoms with Crippen molar-refractivity contribution in [2.45, 2.75) is 6.18 Å². The summed E-state index contributed by atoms with van der Waals surface area (Å²) in [6, 6.07) is 1.70. The highest BCUT2D eigenvalue weighted by Crippen LogP contribution is 2.37. The van der Waals surface area contributed by atoms with Crippen LogP contribution in [0.1, 0.15) is 11.1 Å². The summed E-state index contributed by atoms with van der Waals surface area (Å²) < 4.78 is 50.5. The lowest BCUT2D eigenvalue weighted by Gasteiger charge is -2.11. The van der Waals surface area contributed by atoms with E-state index >= 15 is 0 Å². The number of alkyl halides is 3. The van der Waals surface area contributed by atoms with Gasteiger partial charge >= 0.3 is 6.18 Å². The molecule has 0 aliphatic heterocycles. The molecule has 0 fully saturated rings. The van der Waals surface area contributed by atoms with Crippen molar-refractivity contribution < 1.29 is 22.8 Å². The van der Waals surface area contributed by atoms with E-state index in [-0.39, 0.29) is 0 Å². The van der Waals surface area contributed by atoms with Crippen LogP contribution >= 0.6 is 23.2 Å². The molecule has 1 N–H and O–H groups in total. The van der Waals surface area contributed by atoms with E-state index in [0.29, 0.717) is 0 Å². The van der Waals surface area contributed by atoms with Gasteiger partial charge in [0.2, 0.25) is 0 Å². The van der Waals surface area contributed by atoms with Crippen molar-refractivity contribution in [1.29, 1.82) is 0 Å². The largest absolute Gasteiger partial charge is 0.420 e. The third kappa shape index (κ3) is 2.38. The molecule has 88 valence electrons. The fraction of sp³-hybridized carbons (Fsp3) is 0.125. The Kier molecular flexibility index (Phi) is 3.64. The lowest BCUT2D eigenvalue weighted by molar-refractivity contribution is -0.139. The van der Waals surface area contributed by atoms with E-state index < -0.39 is 33.3 Å². The molecule has 0 saturated carbocycles. The van der Waals surface area contributed by atoms with E-state index in [0.717, 1.165) is 12.1 Å². The maximum absolute atomic E-state index is 13.4. The zero-order chi connectivity index (χ0) is 12.5. The Morgan fingerprint density at radius 3 is 2.31 bits per heavy atom. The molecule has 1 rings (SSSR count). The lowest BCUT2D eigenvalue weighted by Crippen LogP contribution is -2.12. The van der Waals surface area contributed by atoms with Gasteiger partial charge in [-0.05, 0) is 12.1 Å². The van der Waals surface area contributed by atoms with Gasteiger partial charge in [-0.3, -0.25) is 0 Å². The minimum atomic E-state index is -4.95. The third-order valence-corrected chi connectivity index (χ3v) is 2.28. The predicted octanol–water partition coefficient (Wildman–Crippen LogP) is 3.87. The lowest BCUT2D eigenvalue weighted by atomic mass is 10.1. The van der Waals surface area contributed by atoms with Crippen molar-refractivity contribution in [2.75, 3.05) is 0 Å². The van der Waals surface area contributed by atoms with Crippen molar-refractivity contribution >= 4 is 28.4 Å². The molecule has 0 saturated heterocycles. The number of benzene rings is 1. The van der Waals surface area contributed by atoms with Gasteiger partial charge in [-0.1, -0.05) is 28.4 Å². The first kappa shape index (κ1) is 13.1. The molecule has 0 aliphatic rings. The van der Waals surface area contributed by atoms with Gasteiger partial charge in [0, 0.05) is 0 Å². The van der Waals surface area contributed by atoms with Gasteiger partial charge in [-0.25, -0.2) is 4.39 Å². The molecule has 0 atom stereocenters. The molecule has 0 spiro atoms. The Labute approximate surface area is 97.1 Å². The highest BCUT2D eigenvalue weighted by atomic mass is 35.5. The van der Waals surface area contributed by atoms with Crippen molar-refractivity contribution in [3.63, 3.8) is 0 Å². The second-order valence-corrected chi connectivity index (χ2v) is 3.44. The Bertz CT molecular complexity index is 444. The number of rotatable bonds is 1. The van der Waals surface area contributed by atoms with Crippen molar-refractivity contribution in [3.8, 4) is 0 Å². The summed E-state index contributed by atoms with van der Waals surface area (Å²) in [6.45, 7) is 0. The topological polar surface area (TPSA) is 32.6 Å². The monoisotopic (exact) mass is 275 g/mol. The highest BCUT2D eigenvalue weighted by molar-refractivity contribution is 6.69. The predicted molar refractivity (Wildman–Crippen MR) is 50.6 cm³/mol. The van der Waals surface area contributed by atoms with Crippen LogP contribution in [0.4, 0.5) is 17.6 Å². The van der Waals surface area contributed by atoms with Crippen LogP contribution in [-0.4, -0.2) is 10.4 Å². The molecular weight excluding hydrogens is 273 g/mol. The Balaban J connectivity index is 3.51. The number of nitrogens with zero attached hydrogens (tertiary/aromatic N) is 1. The van der Waals surface area contributed by atoms with Crippen LogP contribution in [0, 0.1) is 5.82 Å². The second kappa shape index (κ2) is 4.47. The van der Waals surface area contributed by atoms with Crippen LogP contribution in [0.3, 0.4) is 0 Å². The first-order valence-electron chi connectivity index (χ1n) is 3.72. The van der Waals surface area contributed by atoms with E-state index in [1.165, 1.54) is 0 Å². The summed E-state index contributed by atoms with van der Waals surface area (Å²) in [5.74, 6) is -1.68. The smallest absolute Gasteiger partial charge is 0.410 e. The van der Waals surface area contributed by atoms with Crippen LogP contribution in [0.15, 0.2) is 17.3 Å². The first-order chi connectivity index (χ1) is 7.29. The zero-order valence-corrected chi connectivity index (χ0v) is 8.83. The molecule has 0 bridgehead atoms. The van der Waals surface area contributed by atoms with Gasteiger partial charge in [-0.2, -0.15) is 13.2 Å². The number of oxime groups is 1. The SMILES string of the molecule is O/N=C(\Cl)c1ccc(Cl)c(C(F)(F)F)c1F. The maximum Gasteiger partial charge on any atom is 0.420 e. The normalized spacial score (nSPS) is 13.0. The summed E-state index contributed by atoms with van der Waals surface area (Å²) in [7, 11) is 0. The Morgan fingerprint density at radius 1 is 1.31 bits per heavy atom.